The third-order valence-corrected chi connectivity index (χ3v) is 10.9. The van der Waals surface area contributed by atoms with Crippen LogP contribution in [0.1, 0.15) is 25.0 Å². The second-order valence-corrected chi connectivity index (χ2v) is 14.0. The van der Waals surface area contributed by atoms with Crippen molar-refractivity contribution in [3.05, 3.63) is 181 Å². The summed E-state index contributed by atoms with van der Waals surface area (Å²) in [6.45, 7) is 4.71. The van der Waals surface area contributed by atoms with Gasteiger partial charge in [-0.15, -0.1) is 0 Å². The van der Waals surface area contributed by atoms with Gasteiger partial charge in [0.05, 0.1) is 16.6 Å². The number of hydrogen-bond donors (Lipinski definition) is 0. The van der Waals surface area contributed by atoms with Gasteiger partial charge in [0, 0.05) is 39.0 Å². The van der Waals surface area contributed by atoms with E-state index in [1.807, 2.05) is 12.3 Å². The van der Waals surface area contributed by atoms with Gasteiger partial charge in [0.1, 0.15) is 0 Å². The average Bonchev–Trinajstić information content (AvgIpc) is 3.63. The van der Waals surface area contributed by atoms with Crippen molar-refractivity contribution in [2.24, 2.45) is 0 Å². The number of hydrogen-bond acceptors (Lipinski definition) is 1. The van der Waals surface area contributed by atoms with Crippen molar-refractivity contribution in [1.29, 1.82) is 0 Å². The van der Waals surface area contributed by atoms with Crippen LogP contribution in [0, 0.1) is 0 Å². The summed E-state index contributed by atoms with van der Waals surface area (Å²) in [5.74, 6) is 0. The highest BCUT2D eigenvalue weighted by Gasteiger charge is 2.36. The van der Waals surface area contributed by atoms with Gasteiger partial charge in [-0.3, -0.25) is 4.98 Å². The van der Waals surface area contributed by atoms with Crippen LogP contribution in [0.25, 0.3) is 82.9 Å². The Morgan fingerprint density at radius 3 is 1.96 bits per heavy atom. The van der Waals surface area contributed by atoms with E-state index >= 15 is 0 Å². The Bertz CT molecular complexity index is 2760. The lowest BCUT2D eigenvalue weighted by Gasteiger charge is -2.21. The van der Waals surface area contributed by atoms with Crippen molar-refractivity contribution in [3.63, 3.8) is 0 Å². The summed E-state index contributed by atoms with van der Waals surface area (Å²) in [5.41, 5.74) is 17.4. The van der Waals surface area contributed by atoms with Crippen molar-refractivity contribution >= 4 is 32.7 Å². The number of pyridine rings is 1. The van der Waals surface area contributed by atoms with Crippen LogP contribution < -0.4 is 0 Å². The van der Waals surface area contributed by atoms with Gasteiger partial charge >= 0.3 is 0 Å². The summed E-state index contributed by atoms with van der Waals surface area (Å²) in [5, 5.41) is 3.67. The van der Waals surface area contributed by atoms with Crippen LogP contribution in [0.4, 0.5) is 0 Å². The van der Waals surface area contributed by atoms with Gasteiger partial charge in [0.2, 0.25) is 0 Å². The van der Waals surface area contributed by atoms with E-state index < -0.39 is 0 Å². The molecule has 50 heavy (non-hydrogen) atoms. The topological polar surface area (TPSA) is 17.8 Å². The fourth-order valence-electron chi connectivity index (χ4n) is 8.49. The highest BCUT2D eigenvalue weighted by molar-refractivity contribution is 6.15. The molecule has 0 spiro atoms. The molecule has 2 aromatic heterocycles. The van der Waals surface area contributed by atoms with Crippen LogP contribution in [-0.2, 0) is 5.41 Å². The molecule has 0 aliphatic heterocycles. The first-order chi connectivity index (χ1) is 24.6. The van der Waals surface area contributed by atoms with Crippen LogP contribution >= 0.6 is 0 Å². The second kappa shape index (κ2) is 10.9. The Balaban J connectivity index is 1.18. The van der Waals surface area contributed by atoms with Crippen LogP contribution in [-0.4, -0.2) is 9.55 Å². The molecule has 2 heterocycles. The third kappa shape index (κ3) is 4.18. The molecule has 0 fully saturated rings. The van der Waals surface area contributed by atoms with E-state index in [9.17, 15) is 0 Å². The molecule has 0 saturated heterocycles. The van der Waals surface area contributed by atoms with Crippen molar-refractivity contribution < 1.29 is 0 Å². The lowest BCUT2D eigenvalue weighted by Crippen LogP contribution is -2.14. The first kappa shape index (κ1) is 28.7. The Morgan fingerprint density at radius 2 is 1.10 bits per heavy atom. The summed E-state index contributed by atoms with van der Waals surface area (Å²) in [4.78, 5) is 4.58. The van der Waals surface area contributed by atoms with E-state index in [1.54, 1.807) is 0 Å². The number of fused-ring (bicyclic) bond motifs is 7. The molecule has 7 aromatic carbocycles. The molecule has 0 atom stereocenters. The lowest BCUT2D eigenvalue weighted by atomic mass is 9.82. The number of aromatic nitrogens is 2. The molecular weight excluding hydrogens is 605 g/mol. The quantitative estimate of drug-likeness (QED) is 0.188. The number of para-hydroxylation sites is 3. The molecule has 0 bridgehead atoms. The minimum atomic E-state index is -0.0374. The van der Waals surface area contributed by atoms with E-state index in [0.717, 1.165) is 11.2 Å². The van der Waals surface area contributed by atoms with Crippen LogP contribution in [0.2, 0.25) is 0 Å². The Morgan fingerprint density at radius 1 is 0.460 bits per heavy atom. The van der Waals surface area contributed by atoms with Gasteiger partial charge in [-0.1, -0.05) is 141 Å². The van der Waals surface area contributed by atoms with Gasteiger partial charge in [-0.05, 0) is 86.5 Å². The molecule has 10 rings (SSSR count). The van der Waals surface area contributed by atoms with Gasteiger partial charge in [0.15, 0.2) is 0 Å². The number of benzene rings is 7. The van der Waals surface area contributed by atoms with E-state index in [2.05, 4.69) is 181 Å². The van der Waals surface area contributed by atoms with Gasteiger partial charge < -0.3 is 4.57 Å². The third-order valence-electron chi connectivity index (χ3n) is 10.9. The SMILES string of the molecule is CC1(C)c2ccccc2-c2c(-c3ccc4c(c3)c3cccc(-c5ccc(-c6ccnc7ccccc67)cc5)c3n4-c3ccccc3)cccc21. The summed E-state index contributed by atoms with van der Waals surface area (Å²) < 4.78 is 2.45. The molecule has 2 heteroatoms. The van der Waals surface area contributed by atoms with Gasteiger partial charge in [-0.2, -0.15) is 0 Å². The molecule has 0 N–H and O–H groups in total. The Labute approximate surface area is 291 Å². The number of nitrogens with zero attached hydrogens (tertiary/aromatic N) is 2. The maximum Gasteiger partial charge on any atom is 0.0708 e. The van der Waals surface area contributed by atoms with Crippen molar-refractivity contribution in [1.82, 2.24) is 9.55 Å². The maximum atomic E-state index is 4.58. The molecular formula is C48H34N2. The summed E-state index contributed by atoms with van der Waals surface area (Å²) in [6, 6.07) is 59.9. The molecule has 9 aromatic rings. The van der Waals surface area contributed by atoms with Crippen molar-refractivity contribution in [2.75, 3.05) is 0 Å². The van der Waals surface area contributed by atoms with Gasteiger partial charge in [0.25, 0.3) is 0 Å². The average molecular weight is 639 g/mol. The predicted octanol–water partition coefficient (Wildman–Crippen LogP) is 12.6. The Hall–Kier alpha value is -6.25. The van der Waals surface area contributed by atoms with Crippen LogP contribution in [0.5, 0.6) is 0 Å². The van der Waals surface area contributed by atoms with Gasteiger partial charge in [-0.25, -0.2) is 0 Å². The molecule has 0 saturated carbocycles. The van der Waals surface area contributed by atoms with Crippen LogP contribution in [0.3, 0.4) is 0 Å². The molecule has 236 valence electrons. The van der Waals surface area contributed by atoms with Crippen molar-refractivity contribution in [3.8, 4) is 50.2 Å². The van der Waals surface area contributed by atoms with E-state index in [1.165, 1.54) is 82.8 Å². The lowest BCUT2D eigenvalue weighted by molar-refractivity contribution is 0.660. The van der Waals surface area contributed by atoms with Crippen molar-refractivity contribution in [2.45, 2.75) is 19.3 Å². The number of rotatable bonds is 4. The zero-order valence-corrected chi connectivity index (χ0v) is 28.1. The standard InChI is InChI=1S/C48H34N2/c1-48(2)42-19-8-6-15-40(42)46-36(16-11-20-43(46)48)33-26-27-45-41(30-33)39-18-10-17-37(47(39)50(45)34-12-4-3-5-13-34)32-24-22-31(23-25-32)35-28-29-49-44-21-9-7-14-38(35)44/h3-30H,1-2H3. The molecule has 0 radical (unpaired) electrons. The van der Waals surface area contributed by atoms with E-state index in [0.29, 0.717) is 0 Å². The summed E-state index contributed by atoms with van der Waals surface area (Å²) in [7, 11) is 0. The fourth-order valence-corrected chi connectivity index (χ4v) is 8.49. The highest BCUT2D eigenvalue weighted by Crippen LogP contribution is 2.52. The van der Waals surface area contributed by atoms with Crippen LogP contribution in [0.15, 0.2) is 170 Å². The molecule has 2 nitrogen and oxygen atoms in total. The smallest absolute Gasteiger partial charge is 0.0708 e. The zero-order valence-electron chi connectivity index (χ0n) is 28.1. The first-order valence-corrected chi connectivity index (χ1v) is 17.4. The minimum absolute atomic E-state index is 0.0374. The molecule has 0 unspecified atom stereocenters. The molecule has 1 aliphatic carbocycles. The summed E-state index contributed by atoms with van der Waals surface area (Å²) >= 11 is 0. The monoisotopic (exact) mass is 638 g/mol. The van der Waals surface area contributed by atoms with E-state index in [-0.39, 0.29) is 5.41 Å². The molecule has 0 amide bonds. The minimum Gasteiger partial charge on any atom is -0.309 e. The Kier molecular flexibility index (Phi) is 6.25. The first-order valence-electron chi connectivity index (χ1n) is 17.4. The fraction of sp³-hybridized carbons (Fsp3) is 0.0625. The molecule has 1 aliphatic rings. The maximum absolute atomic E-state index is 4.58. The zero-order chi connectivity index (χ0) is 33.4. The summed E-state index contributed by atoms with van der Waals surface area (Å²) in [6.07, 6.45) is 1.90. The van der Waals surface area contributed by atoms with E-state index in [4.69, 9.17) is 0 Å². The second-order valence-electron chi connectivity index (χ2n) is 14.0. The highest BCUT2D eigenvalue weighted by atomic mass is 15.0. The normalized spacial score (nSPS) is 13.2. The largest absolute Gasteiger partial charge is 0.309 e. The predicted molar refractivity (Wildman–Crippen MR) is 210 cm³/mol.